The number of hydrogen-bond donors (Lipinski definition) is 2. The second-order valence-electron chi connectivity index (χ2n) is 6.18. The van der Waals surface area contributed by atoms with Crippen LogP contribution >= 0.6 is 0 Å². The van der Waals surface area contributed by atoms with E-state index < -0.39 is 0 Å². The van der Waals surface area contributed by atoms with E-state index in [1.807, 2.05) is 42.5 Å². The summed E-state index contributed by atoms with van der Waals surface area (Å²) >= 11 is 0. The summed E-state index contributed by atoms with van der Waals surface area (Å²) in [4.78, 5) is 12.0. The maximum atomic E-state index is 12.0. The standard InChI is InChI=1S/C19H22N2O/c1-2-19(20)13-17(19)15-8-10-16(11-9-15)21-18(22)12-14-6-4-3-5-7-14/h3-11,17H,2,12-13,20H2,1H3,(H,21,22). The highest BCUT2D eigenvalue weighted by Crippen LogP contribution is 2.51. The molecule has 0 saturated heterocycles. The maximum absolute atomic E-state index is 12.0. The molecule has 2 aromatic carbocycles. The third-order valence-electron chi connectivity index (χ3n) is 4.58. The first-order chi connectivity index (χ1) is 10.6. The Morgan fingerprint density at radius 3 is 2.45 bits per heavy atom. The van der Waals surface area contributed by atoms with Crippen molar-refractivity contribution in [1.29, 1.82) is 0 Å². The Morgan fingerprint density at radius 2 is 1.86 bits per heavy atom. The second kappa shape index (κ2) is 5.93. The fourth-order valence-corrected chi connectivity index (χ4v) is 2.95. The average Bonchev–Trinajstić information content (AvgIpc) is 3.22. The molecular weight excluding hydrogens is 272 g/mol. The minimum atomic E-state index is -0.0158. The number of carbonyl (C=O) groups is 1. The molecule has 2 atom stereocenters. The molecule has 1 amide bonds. The van der Waals surface area contributed by atoms with Crippen molar-refractivity contribution in [2.24, 2.45) is 5.73 Å². The first-order valence-electron chi connectivity index (χ1n) is 7.83. The Hall–Kier alpha value is -2.13. The summed E-state index contributed by atoms with van der Waals surface area (Å²) < 4.78 is 0. The molecule has 2 aromatic rings. The molecule has 114 valence electrons. The molecule has 3 nitrogen and oxygen atoms in total. The first-order valence-corrected chi connectivity index (χ1v) is 7.83. The zero-order chi connectivity index (χ0) is 15.6. The molecule has 1 aliphatic carbocycles. The van der Waals surface area contributed by atoms with Gasteiger partial charge in [0.1, 0.15) is 0 Å². The van der Waals surface area contributed by atoms with Gasteiger partial charge in [0.05, 0.1) is 6.42 Å². The van der Waals surface area contributed by atoms with Crippen LogP contribution in [0.25, 0.3) is 0 Å². The fourth-order valence-electron chi connectivity index (χ4n) is 2.95. The number of hydrogen-bond acceptors (Lipinski definition) is 2. The summed E-state index contributed by atoms with van der Waals surface area (Å²) in [6.07, 6.45) is 2.46. The van der Waals surface area contributed by atoms with Crippen molar-refractivity contribution in [2.45, 2.75) is 37.6 Å². The van der Waals surface area contributed by atoms with Gasteiger partial charge in [0.15, 0.2) is 0 Å². The summed E-state index contributed by atoms with van der Waals surface area (Å²) in [7, 11) is 0. The van der Waals surface area contributed by atoms with Crippen LogP contribution in [0.1, 0.15) is 36.8 Å². The molecular formula is C19H22N2O. The van der Waals surface area contributed by atoms with E-state index in [4.69, 9.17) is 5.73 Å². The topological polar surface area (TPSA) is 55.1 Å². The minimum Gasteiger partial charge on any atom is -0.326 e. The van der Waals surface area contributed by atoms with Crippen LogP contribution in [0.4, 0.5) is 5.69 Å². The Kier molecular flexibility index (Phi) is 3.99. The molecule has 3 heteroatoms. The normalized spacial score (nSPS) is 23.1. The van der Waals surface area contributed by atoms with Gasteiger partial charge in [-0.1, -0.05) is 49.4 Å². The number of nitrogens with one attached hydrogen (secondary N) is 1. The van der Waals surface area contributed by atoms with Crippen LogP contribution in [-0.2, 0) is 11.2 Å². The lowest BCUT2D eigenvalue weighted by Gasteiger charge is -2.09. The summed E-state index contributed by atoms with van der Waals surface area (Å²) in [5.41, 5.74) is 9.37. The quantitative estimate of drug-likeness (QED) is 0.887. The van der Waals surface area contributed by atoms with Crippen molar-refractivity contribution in [3.63, 3.8) is 0 Å². The number of carbonyl (C=O) groups excluding carboxylic acids is 1. The van der Waals surface area contributed by atoms with Gasteiger partial charge in [0.2, 0.25) is 5.91 Å². The van der Waals surface area contributed by atoms with E-state index in [1.165, 1.54) is 5.56 Å². The molecule has 0 bridgehead atoms. The highest BCUT2D eigenvalue weighted by Gasteiger charge is 2.49. The van der Waals surface area contributed by atoms with Crippen LogP contribution in [0.5, 0.6) is 0 Å². The van der Waals surface area contributed by atoms with E-state index in [-0.39, 0.29) is 11.4 Å². The van der Waals surface area contributed by atoms with Crippen molar-refractivity contribution >= 4 is 11.6 Å². The second-order valence-corrected chi connectivity index (χ2v) is 6.18. The lowest BCUT2D eigenvalue weighted by molar-refractivity contribution is -0.115. The van der Waals surface area contributed by atoms with Crippen LogP contribution < -0.4 is 11.1 Å². The first kappa shape index (κ1) is 14.8. The Labute approximate surface area is 131 Å². The van der Waals surface area contributed by atoms with E-state index in [1.54, 1.807) is 0 Å². The minimum absolute atomic E-state index is 0.00658. The van der Waals surface area contributed by atoms with E-state index in [0.29, 0.717) is 12.3 Å². The van der Waals surface area contributed by atoms with Crippen molar-refractivity contribution < 1.29 is 4.79 Å². The molecule has 2 unspecified atom stereocenters. The average molecular weight is 294 g/mol. The molecule has 1 fully saturated rings. The molecule has 0 spiro atoms. The zero-order valence-electron chi connectivity index (χ0n) is 12.9. The van der Waals surface area contributed by atoms with Crippen LogP contribution in [0.2, 0.25) is 0 Å². The van der Waals surface area contributed by atoms with Crippen LogP contribution in [0.15, 0.2) is 54.6 Å². The molecule has 0 radical (unpaired) electrons. The third kappa shape index (κ3) is 3.20. The van der Waals surface area contributed by atoms with Crippen LogP contribution in [0.3, 0.4) is 0 Å². The van der Waals surface area contributed by atoms with E-state index in [9.17, 15) is 4.79 Å². The molecule has 1 aliphatic rings. The lowest BCUT2D eigenvalue weighted by atomic mass is 10.0. The summed E-state index contributed by atoms with van der Waals surface area (Å²) in [6, 6.07) is 17.8. The Bertz CT molecular complexity index is 651. The number of anilines is 1. The largest absolute Gasteiger partial charge is 0.326 e. The van der Waals surface area contributed by atoms with Crippen LogP contribution in [-0.4, -0.2) is 11.4 Å². The van der Waals surface area contributed by atoms with Gasteiger partial charge in [-0.2, -0.15) is 0 Å². The van der Waals surface area contributed by atoms with Gasteiger partial charge in [0, 0.05) is 17.1 Å². The predicted molar refractivity (Wildman–Crippen MR) is 89.8 cm³/mol. The number of benzene rings is 2. The smallest absolute Gasteiger partial charge is 0.228 e. The van der Waals surface area contributed by atoms with Gasteiger partial charge in [-0.15, -0.1) is 0 Å². The summed E-state index contributed by atoms with van der Waals surface area (Å²) in [5.74, 6) is 0.471. The van der Waals surface area contributed by atoms with Crippen molar-refractivity contribution in [1.82, 2.24) is 0 Å². The highest BCUT2D eigenvalue weighted by atomic mass is 16.1. The molecule has 0 aromatic heterocycles. The highest BCUT2D eigenvalue weighted by molar-refractivity contribution is 5.92. The number of amides is 1. The van der Waals surface area contributed by atoms with Crippen molar-refractivity contribution in [2.75, 3.05) is 5.32 Å². The Balaban J connectivity index is 1.58. The third-order valence-corrected chi connectivity index (χ3v) is 4.58. The fraction of sp³-hybridized carbons (Fsp3) is 0.316. The molecule has 3 rings (SSSR count). The summed E-state index contributed by atoms with van der Waals surface area (Å²) in [5, 5.41) is 2.94. The van der Waals surface area contributed by atoms with Gasteiger partial charge in [-0.3, -0.25) is 4.79 Å². The molecule has 0 aliphatic heterocycles. The molecule has 0 heterocycles. The lowest BCUT2D eigenvalue weighted by Crippen LogP contribution is -2.22. The van der Waals surface area contributed by atoms with Crippen molar-refractivity contribution in [3.05, 3.63) is 65.7 Å². The van der Waals surface area contributed by atoms with E-state index in [0.717, 1.165) is 24.1 Å². The SMILES string of the molecule is CCC1(N)CC1c1ccc(NC(=O)Cc2ccccc2)cc1. The number of nitrogens with two attached hydrogens (primary N) is 1. The molecule has 1 saturated carbocycles. The van der Waals surface area contributed by atoms with E-state index in [2.05, 4.69) is 24.4 Å². The van der Waals surface area contributed by atoms with Crippen LogP contribution in [0, 0.1) is 0 Å². The molecule has 22 heavy (non-hydrogen) atoms. The van der Waals surface area contributed by atoms with Gasteiger partial charge in [-0.05, 0) is 36.1 Å². The van der Waals surface area contributed by atoms with Gasteiger partial charge >= 0.3 is 0 Å². The van der Waals surface area contributed by atoms with E-state index >= 15 is 0 Å². The van der Waals surface area contributed by atoms with Gasteiger partial charge in [-0.25, -0.2) is 0 Å². The molecule has 3 N–H and O–H groups in total. The summed E-state index contributed by atoms with van der Waals surface area (Å²) in [6.45, 7) is 2.14. The van der Waals surface area contributed by atoms with Gasteiger partial charge < -0.3 is 11.1 Å². The maximum Gasteiger partial charge on any atom is 0.228 e. The number of rotatable bonds is 5. The zero-order valence-corrected chi connectivity index (χ0v) is 12.9. The Morgan fingerprint density at radius 1 is 1.18 bits per heavy atom. The predicted octanol–water partition coefficient (Wildman–Crippen LogP) is 3.46. The monoisotopic (exact) mass is 294 g/mol. The van der Waals surface area contributed by atoms with Gasteiger partial charge in [0.25, 0.3) is 0 Å². The van der Waals surface area contributed by atoms with Crippen molar-refractivity contribution in [3.8, 4) is 0 Å².